The molecule has 1 heterocycles. The van der Waals surface area contributed by atoms with Gasteiger partial charge < -0.3 is 10.4 Å². The van der Waals surface area contributed by atoms with Crippen LogP contribution in [-0.4, -0.2) is 27.7 Å². The molecule has 110 valence electrons. The Morgan fingerprint density at radius 3 is 2.62 bits per heavy atom. The summed E-state index contributed by atoms with van der Waals surface area (Å²) in [7, 11) is 0. The van der Waals surface area contributed by atoms with E-state index in [0.29, 0.717) is 12.1 Å². The van der Waals surface area contributed by atoms with Crippen molar-refractivity contribution in [1.29, 1.82) is 0 Å². The molecular weight excluding hydrogens is 270 g/mol. The standard InChI is InChI=1S/C15H17N3O3/c1-11-7-8-14(18(20)21)15(16-11)17-13(10-19)9-12-5-3-2-4-6-12/h2-8,13,19H,9-10H2,1H3,(H,16,17). The lowest BCUT2D eigenvalue weighted by Crippen LogP contribution is -2.27. The maximum atomic E-state index is 11.0. The number of rotatable bonds is 6. The Morgan fingerprint density at radius 1 is 1.29 bits per heavy atom. The second-order valence-electron chi connectivity index (χ2n) is 4.79. The van der Waals surface area contributed by atoms with Crippen LogP contribution in [0.2, 0.25) is 0 Å². The van der Waals surface area contributed by atoms with Crippen molar-refractivity contribution in [1.82, 2.24) is 4.98 Å². The first kappa shape index (κ1) is 14.9. The summed E-state index contributed by atoms with van der Waals surface area (Å²) in [4.78, 5) is 14.7. The fourth-order valence-corrected chi connectivity index (χ4v) is 2.06. The minimum absolute atomic E-state index is 0.0906. The molecule has 0 saturated heterocycles. The molecule has 1 aromatic carbocycles. The van der Waals surface area contributed by atoms with E-state index < -0.39 is 4.92 Å². The molecule has 0 fully saturated rings. The second kappa shape index (κ2) is 6.81. The molecule has 1 aromatic heterocycles. The number of aliphatic hydroxyl groups excluding tert-OH is 1. The molecule has 0 aliphatic carbocycles. The molecule has 0 aliphatic heterocycles. The van der Waals surface area contributed by atoms with Gasteiger partial charge in [0.05, 0.1) is 17.6 Å². The molecule has 0 saturated carbocycles. The number of aliphatic hydroxyl groups is 1. The molecular formula is C15H17N3O3. The van der Waals surface area contributed by atoms with Gasteiger partial charge in [-0.3, -0.25) is 10.1 Å². The summed E-state index contributed by atoms with van der Waals surface area (Å²) in [5.74, 6) is 0.190. The summed E-state index contributed by atoms with van der Waals surface area (Å²) in [6.07, 6.45) is 0.560. The van der Waals surface area contributed by atoms with Gasteiger partial charge in [0.1, 0.15) is 0 Å². The van der Waals surface area contributed by atoms with Crippen molar-refractivity contribution in [3.63, 3.8) is 0 Å². The molecule has 21 heavy (non-hydrogen) atoms. The van der Waals surface area contributed by atoms with Gasteiger partial charge in [-0.25, -0.2) is 4.98 Å². The number of hydrogen-bond donors (Lipinski definition) is 2. The number of pyridine rings is 1. The summed E-state index contributed by atoms with van der Waals surface area (Å²) in [5, 5.41) is 23.5. The summed E-state index contributed by atoms with van der Waals surface area (Å²) in [6, 6.07) is 12.3. The van der Waals surface area contributed by atoms with Crippen LogP contribution in [0.25, 0.3) is 0 Å². The van der Waals surface area contributed by atoms with Crippen molar-refractivity contribution in [3.8, 4) is 0 Å². The van der Waals surface area contributed by atoms with E-state index in [4.69, 9.17) is 0 Å². The van der Waals surface area contributed by atoms with Crippen LogP contribution in [0.15, 0.2) is 42.5 Å². The van der Waals surface area contributed by atoms with Gasteiger partial charge in [0.25, 0.3) is 0 Å². The summed E-state index contributed by atoms with van der Waals surface area (Å²) in [6.45, 7) is 1.63. The van der Waals surface area contributed by atoms with E-state index in [0.717, 1.165) is 5.56 Å². The zero-order valence-electron chi connectivity index (χ0n) is 11.7. The second-order valence-corrected chi connectivity index (χ2v) is 4.79. The Bertz CT molecular complexity index is 617. The van der Waals surface area contributed by atoms with Crippen molar-refractivity contribution in [2.75, 3.05) is 11.9 Å². The van der Waals surface area contributed by atoms with Gasteiger partial charge in [-0.1, -0.05) is 30.3 Å². The number of anilines is 1. The average molecular weight is 287 g/mol. The van der Waals surface area contributed by atoms with Crippen LogP contribution < -0.4 is 5.32 Å². The maximum Gasteiger partial charge on any atom is 0.311 e. The number of benzene rings is 1. The highest BCUT2D eigenvalue weighted by Crippen LogP contribution is 2.23. The Labute approximate surface area is 122 Å². The first-order chi connectivity index (χ1) is 10.1. The van der Waals surface area contributed by atoms with Crippen LogP contribution in [0, 0.1) is 17.0 Å². The Kier molecular flexibility index (Phi) is 4.84. The highest BCUT2D eigenvalue weighted by atomic mass is 16.6. The molecule has 0 bridgehead atoms. The number of aryl methyl sites for hydroxylation is 1. The number of nitro groups is 1. The minimum atomic E-state index is -0.480. The average Bonchev–Trinajstić information content (AvgIpc) is 2.47. The molecule has 6 heteroatoms. The number of nitrogens with zero attached hydrogens (tertiary/aromatic N) is 2. The van der Waals surface area contributed by atoms with Gasteiger partial charge in [-0.15, -0.1) is 0 Å². The monoisotopic (exact) mass is 287 g/mol. The summed E-state index contributed by atoms with van der Waals surface area (Å²) in [5.41, 5.74) is 1.63. The third kappa shape index (κ3) is 4.00. The molecule has 0 spiro atoms. The molecule has 1 atom stereocenters. The van der Waals surface area contributed by atoms with Crippen molar-refractivity contribution in [3.05, 3.63) is 63.8 Å². The van der Waals surface area contributed by atoms with E-state index in [1.165, 1.54) is 6.07 Å². The lowest BCUT2D eigenvalue weighted by atomic mass is 10.1. The van der Waals surface area contributed by atoms with E-state index in [9.17, 15) is 15.2 Å². The molecule has 2 aromatic rings. The van der Waals surface area contributed by atoms with E-state index in [2.05, 4.69) is 10.3 Å². The molecule has 6 nitrogen and oxygen atoms in total. The first-order valence-corrected chi connectivity index (χ1v) is 6.63. The number of nitrogens with one attached hydrogen (secondary N) is 1. The number of hydrogen-bond acceptors (Lipinski definition) is 5. The van der Waals surface area contributed by atoms with E-state index in [-0.39, 0.29) is 24.2 Å². The molecule has 1 unspecified atom stereocenters. The lowest BCUT2D eigenvalue weighted by Gasteiger charge is -2.17. The Morgan fingerprint density at radius 2 is 2.00 bits per heavy atom. The van der Waals surface area contributed by atoms with Crippen molar-refractivity contribution >= 4 is 11.5 Å². The smallest absolute Gasteiger partial charge is 0.311 e. The molecule has 2 rings (SSSR count). The van der Waals surface area contributed by atoms with Crippen molar-refractivity contribution in [2.24, 2.45) is 0 Å². The van der Waals surface area contributed by atoms with Gasteiger partial charge in [0.15, 0.2) is 0 Å². The van der Waals surface area contributed by atoms with Gasteiger partial charge in [0, 0.05) is 11.8 Å². The summed E-state index contributed by atoms with van der Waals surface area (Å²) < 4.78 is 0. The number of aromatic nitrogens is 1. The fraction of sp³-hybridized carbons (Fsp3) is 0.267. The van der Waals surface area contributed by atoms with Gasteiger partial charge in [0.2, 0.25) is 5.82 Å². The molecule has 0 radical (unpaired) electrons. The van der Waals surface area contributed by atoms with E-state index >= 15 is 0 Å². The van der Waals surface area contributed by atoms with Crippen LogP contribution in [0.4, 0.5) is 11.5 Å². The van der Waals surface area contributed by atoms with Gasteiger partial charge >= 0.3 is 5.69 Å². The predicted molar refractivity (Wildman–Crippen MR) is 80.3 cm³/mol. The molecule has 0 amide bonds. The molecule has 2 N–H and O–H groups in total. The van der Waals surface area contributed by atoms with Gasteiger partial charge in [-0.05, 0) is 25.0 Å². The third-order valence-electron chi connectivity index (χ3n) is 3.10. The quantitative estimate of drug-likeness (QED) is 0.628. The topological polar surface area (TPSA) is 88.3 Å². The zero-order valence-corrected chi connectivity index (χ0v) is 11.7. The van der Waals surface area contributed by atoms with Crippen LogP contribution in [0.3, 0.4) is 0 Å². The minimum Gasteiger partial charge on any atom is -0.394 e. The van der Waals surface area contributed by atoms with Crippen LogP contribution >= 0.6 is 0 Å². The molecule has 0 aliphatic rings. The highest BCUT2D eigenvalue weighted by molar-refractivity contribution is 5.56. The summed E-state index contributed by atoms with van der Waals surface area (Å²) >= 11 is 0. The first-order valence-electron chi connectivity index (χ1n) is 6.63. The van der Waals surface area contributed by atoms with Crippen LogP contribution in [-0.2, 0) is 6.42 Å². The largest absolute Gasteiger partial charge is 0.394 e. The highest BCUT2D eigenvalue weighted by Gasteiger charge is 2.18. The Balaban J connectivity index is 2.18. The predicted octanol–water partition coefficient (Wildman–Crippen LogP) is 2.31. The third-order valence-corrected chi connectivity index (χ3v) is 3.10. The van der Waals surface area contributed by atoms with Crippen molar-refractivity contribution in [2.45, 2.75) is 19.4 Å². The maximum absolute atomic E-state index is 11.0. The van der Waals surface area contributed by atoms with Crippen LogP contribution in [0.5, 0.6) is 0 Å². The lowest BCUT2D eigenvalue weighted by molar-refractivity contribution is -0.384. The normalized spacial score (nSPS) is 11.9. The van der Waals surface area contributed by atoms with Crippen molar-refractivity contribution < 1.29 is 10.0 Å². The fourth-order valence-electron chi connectivity index (χ4n) is 2.06. The Hall–Kier alpha value is -2.47. The van der Waals surface area contributed by atoms with E-state index in [1.807, 2.05) is 30.3 Å². The van der Waals surface area contributed by atoms with Gasteiger partial charge in [-0.2, -0.15) is 0 Å². The zero-order chi connectivity index (χ0) is 15.2. The van der Waals surface area contributed by atoms with Crippen LogP contribution in [0.1, 0.15) is 11.3 Å². The SMILES string of the molecule is Cc1ccc([N+](=O)[O-])c(NC(CO)Cc2ccccc2)n1. The van der Waals surface area contributed by atoms with E-state index in [1.54, 1.807) is 13.0 Å².